The van der Waals surface area contributed by atoms with Gasteiger partial charge in [-0.2, -0.15) is 0 Å². The van der Waals surface area contributed by atoms with Crippen LogP contribution in [0.4, 0.5) is 0 Å². The molecule has 1 fully saturated rings. The molecule has 2 aliphatic rings. The van der Waals surface area contributed by atoms with Gasteiger partial charge in [0.25, 0.3) is 0 Å². The molecule has 18 heavy (non-hydrogen) atoms. The van der Waals surface area contributed by atoms with Crippen LogP contribution in [0.2, 0.25) is 0 Å². The lowest BCUT2D eigenvalue weighted by atomic mass is 9.74. The third-order valence-corrected chi connectivity index (χ3v) is 4.11. The van der Waals surface area contributed by atoms with Crippen molar-refractivity contribution in [3.8, 4) is 0 Å². The van der Waals surface area contributed by atoms with Gasteiger partial charge in [-0.3, -0.25) is 9.59 Å². The van der Waals surface area contributed by atoms with Gasteiger partial charge in [0.05, 0.1) is 11.8 Å². The van der Waals surface area contributed by atoms with Gasteiger partial charge in [-0.05, 0) is 24.1 Å². The summed E-state index contributed by atoms with van der Waals surface area (Å²) in [4.78, 5) is 23.3. The molecule has 1 aliphatic heterocycles. The van der Waals surface area contributed by atoms with E-state index in [9.17, 15) is 9.59 Å². The number of carbonyl (C=O) groups is 2. The van der Waals surface area contributed by atoms with Gasteiger partial charge in [0, 0.05) is 10.4 Å². The number of hydrogen-bond donors (Lipinski definition) is 0. The number of halogens is 1. The molecule has 0 saturated carbocycles. The first-order chi connectivity index (χ1) is 8.66. The van der Waals surface area contributed by atoms with Crippen LogP contribution in [-0.4, -0.2) is 11.9 Å². The van der Waals surface area contributed by atoms with E-state index in [-0.39, 0.29) is 29.7 Å². The maximum Gasteiger partial charge on any atom is 0.318 e. The van der Waals surface area contributed by atoms with Crippen molar-refractivity contribution in [2.24, 2.45) is 11.8 Å². The molecule has 3 rings (SSSR count). The fraction of sp³-hybridized carbons (Fsp3) is 0.286. The lowest BCUT2D eigenvalue weighted by molar-refractivity contribution is -0.153. The fourth-order valence-corrected chi connectivity index (χ4v) is 2.95. The van der Waals surface area contributed by atoms with E-state index >= 15 is 0 Å². The average molecular weight is 307 g/mol. The topological polar surface area (TPSA) is 43.4 Å². The molecule has 3 nitrogen and oxygen atoms in total. The van der Waals surface area contributed by atoms with Crippen LogP contribution in [0.25, 0.3) is 0 Å². The van der Waals surface area contributed by atoms with E-state index < -0.39 is 0 Å². The first-order valence-corrected chi connectivity index (χ1v) is 6.64. The van der Waals surface area contributed by atoms with Gasteiger partial charge in [0.15, 0.2) is 0 Å². The first-order valence-electron chi connectivity index (χ1n) is 5.84. The van der Waals surface area contributed by atoms with Crippen molar-refractivity contribution >= 4 is 27.9 Å². The Morgan fingerprint density at radius 3 is 2.56 bits per heavy atom. The second-order valence-electron chi connectivity index (χ2n) is 4.61. The zero-order chi connectivity index (χ0) is 12.7. The Bertz CT molecular complexity index is 532. The van der Waals surface area contributed by atoms with Crippen LogP contribution < -0.4 is 0 Å². The average Bonchev–Trinajstić information content (AvgIpc) is 2.66. The normalized spacial score (nSPS) is 30.2. The summed E-state index contributed by atoms with van der Waals surface area (Å²) < 4.78 is 5.75. The van der Waals surface area contributed by atoms with Crippen LogP contribution >= 0.6 is 15.9 Å². The predicted octanol–water partition coefficient (Wildman–Crippen LogP) is 2.81. The number of esters is 2. The summed E-state index contributed by atoms with van der Waals surface area (Å²) >= 11 is 3.38. The molecule has 1 aromatic rings. The fourth-order valence-electron chi connectivity index (χ4n) is 2.69. The van der Waals surface area contributed by atoms with E-state index in [0.29, 0.717) is 6.42 Å². The number of benzene rings is 1. The minimum atomic E-state index is -0.387. The predicted molar refractivity (Wildman–Crippen MR) is 68.7 cm³/mol. The van der Waals surface area contributed by atoms with Gasteiger partial charge >= 0.3 is 11.9 Å². The lowest BCUT2D eigenvalue weighted by Crippen LogP contribution is -2.26. The molecule has 0 bridgehead atoms. The molecule has 0 unspecified atom stereocenters. The molecule has 0 N–H and O–H groups in total. The highest BCUT2D eigenvalue weighted by molar-refractivity contribution is 9.10. The minimum Gasteiger partial charge on any atom is -0.393 e. The van der Waals surface area contributed by atoms with Crippen LogP contribution in [-0.2, 0) is 14.3 Å². The van der Waals surface area contributed by atoms with E-state index in [1.807, 2.05) is 36.4 Å². The number of rotatable bonds is 1. The molecular weight excluding hydrogens is 296 g/mol. The van der Waals surface area contributed by atoms with Gasteiger partial charge in [-0.1, -0.05) is 40.2 Å². The molecule has 0 spiro atoms. The van der Waals surface area contributed by atoms with Gasteiger partial charge in [0.2, 0.25) is 0 Å². The van der Waals surface area contributed by atoms with E-state index in [4.69, 9.17) is 4.74 Å². The largest absolute Gasteiger partial charge is 0.393 e. The van der Waals surface area contributed by atoms with Crippen LogP contribution in [0, 0.1) is 11.8 Å². The minimum absolute atomic E-state index is 0.0594. The highest BCUT2D eigenvalue weighted by atomic mass is 79.9. The summed E-state index contributed by atoms with van der Waals surface area (Å²) in [6.45, 7) is 0. The van der Waals surface area contributed by atoms with E-state index in [2.05, 4.69) is 15.9 Å². The molecule has 4 heteroatoms. The van der Waals surface area contributed by atoms with Crippen molar-refractivity contribution in [2.75, 3.05) is 0 Å². The van der Waals surface area contributed by atoms with Crippen LogP contribution in [0.1, 0.15) is 17.9 Å². The van der Waals surface area contributed by atoms with Crippen molar-refractivity contribution in [3.05, 3.63) is 46.5 Å². The van der Waals surface area contributed by atoms with Crippen LogP contribution in [0.15, 0.2) is 40.9 Å². The molecule has 1 aliphatic carbocycles. The van der Waals surface area contributed by atoms with Crippen LogP contribution in [0.5, 0.6) is 0 Å². The van der Waals surface area contributed by atoms with Crippen molar-refractivity contribution < 1.29 is 14.3 Å². The summed E-state index contributed by atoms with van der Waals surface area (Å²) in [5, 5.41) is 0. The highest BCUT2D eigenvalue weighted by Crippen LogP contribution is 2.42. The summed E-state index contributed by atoms with van der Waals surface area (Å²) in [7, 11) is 0. The van der Waals surface area contributed by atoms with Crippen LogP contribution in [0.3, 0.4) is 0 Å². The molecule has 1 heterocycles. The number of carbonyl (C=O) groups excluding carboxylic acids is 2. The molecule has 0 aromatic heterocycles. The third-order valence-electron chi connectivity index (χ3n) is 3.58. The maximum atomic E-state index is 11.8. The van der Waals surface area contributed by atoms with E-state index in [1.165, 1.54) is 0 Å². The summed E-state index contributed by atoms with van der Waals surface area (Å²) in [5.41, 5.74) is 1.04. The van der Waals surface area contributed by atoms with Crippen molar-refractivity contribution in [1.82, 2.24) is 0 Å². The second-order valence-corrected chi connectivity index (χ2v) is 5.53. The number of ether oxygens (including phenoxy) is 1. The molecule has 3 atom stereocenters. The van der Waals surface area contributed by atoms with Crippen molar-refractivity contribution in [1.29, 1.82) is 0 Å². The zero-order valence-electron chi connectivity index (χ0n) is 9.51. The number of cyclic esters (lactones) is 2. The molecule has 92 valence electrons. The number of allylic oxidation sites excluding steroid dienone is 2. The Kier molecular flexibility index (Phi) is 2.82. The lowest BCUT2D eigenvalue weighted by Gasteiger charge is -2.25. The van der Waals surface area contributed by atoms with E-state index in [1.54, 1.807) is 0 Å². The van der Waals surface area contributed by atoms with Crippen molar-refractivity contribution in [2.45, 2.75) is 12.3 Å². The van der Waals surface area contributed by atoms with E-state index in [0.717, 1.165) is 10.0 Å². The number of hydrogen-bond acceptors (Lipinski definition) is 3. The molecule has 0 amide bonds. The maximum absolute atomic E-state index is 11.8. The second kappa shape index (κ2) is 4.35. The highest BCUT2D eigenvalue weighted by Gasteiger charge is 2.48. The first kappa shape index (κ1) is 11.7. The van der Waals surface area contributed by atoms with Gasteiger partial charge in [-0.25, -0.2) is 0 Å². The van der Waals surface area contributed by atoms with Gasteiger partial charge in [0.1, 0.15) is 0 Å². The van der Waals surface area contributed by atoms with Gasteiger partial charge in [-0.15, -0.1) is 0 Å². The zero-order valence-corrected chi connectivity index (χ0v) is 11.1. The smallest absolute Gasteiger partial charge is 0.318 e. The SMILES string of the molecule is O=C1OC(=O)[C@H]2CC=C[C@H](c3ccc(Br)cc3)[C@H]12. The Morgan fingerprint density at radius 1 is 1.11 bits per heavy atom. The molecule has 0 radical (unpaired) electrons. The Hall–Kier alpha value is -1.42. The standard InChI is InChI=1S/C14H11BrO3/c15-9-6-4-8(5-7-9)10-2-1-3-11-12(10)14(17)18-13(11)16/h1-2,4-7,10-12H,3H2/t10-,11+,12+/m1/s1. The molecular formula is C14H11BrO3. The summed E-state index contributed by atoms with van der Waals surface area (Å²) in [5.74, 6) is -1.49. The third kappa shape index (κ3) is 1.81. The Labute approximate surface area is 113 Å². The monoisotopic (exact) mass is 306 g/mol. The molecule has 1 saturated heterocycles. The summed E-state index contributed by atoms with van der Waals surface area (Å²) in [6.07, 6.45) is 4.57. The molecule has 1 aromatic carbocycles. The summed E-state index contributed by atoms with van der Waals surface area (Å²) in [6, 6.07) is 7.82. The van der Waals surface area contributed by atoms with Crippen molar-refractivity contribution in [3.63, 3.8) is 0 Å². The van der Waals surface area contributed by atoms with Gasteiger partial charge < -0.3 is 4.74 Å². The Morgan fingerprint density at radius 2 is 1.83 bits per heavy atom. The number of fused-ring (bicyclic) bond motifs is 1. The Balaban J connectivity index is 1.99. The quantitative estimate of drug-likeness (QED) is 0.455.